The molecule has 0 saturated carbocycles. The summed E-state index contributed by atoms with van der Waals surface area (Å²) in [5.41, 5.74) is 0.918. The standard InChI is InChI=1S/C12H8ClFOS/c1-7-6-8(2-3-10(7)14)11(15)12-9(13)4-5-16-12/h2-6H,1H3. The number of hydrogen-bond donors (Lipinski definition) is 0. The van der Waals surface area contributed by atoms with Gasteiger partial charge in [0, 0.05) is 5.56 Å². The van der Waals surface area contributed by atoms with Gasteiger partial charge in [-0.05, 0) is 42.1 Å². The fourth-order valence-electron chi connectivity index (χ4n) is 1.37. The molecule has 0 aliphatic rings. The Morgan fingerprint density at radius 1 is 1.38 bits per heavy atom. The van der Waals surface area contributed by atoms with E-state index in [0.717, 1.165) is 0 Å². The molecule has 82 valence electrons. The van der Waals surface area contributed by atoms with Crippen LogP contribution in [0.2, 0.25) is 5.02 Å². The smallest absolute Gasteiger partial charge is 0.204 e. The van der Waals surface area contributed by atoms with Crippen LogP contribution in [0.25, 0.3) is 0 Å². The largest absolute Gasteiger partial charge is 0.288 e. The minimum absolute atomic E-state index is 0.164. The van der Waals surface area contributed by atoms with Crippen molar-refractivity contribution in [1.29, 1.82) is 0 Å². The van der Waals surface area contributed by atoms with Crippen LogP contribution in [0.3, 0.4) is 0 Å². The normalized spacial score (nSPS) is 10.4. The monoisotopic (exact) mass is 254 g/mol. The van der Waals surface area contributed by atoms with Crippen LogP contribution in [0.4, 0.5) is 4.39 Å². The van der Waals surface area contributed by atoms with Gasteiger partial charge in [-0.15, -0.1) is 11.3 Å². The van der Waals surface area contributed by atoms with Crippen molar-refractivity contribution >= 4 is 28.7 Å². The summed E-state index contributed by atoms with van der Waals surface area (Å²) in [7, 11) is 0. The lowest BCUT2D eigenvalue weighted by atomic mass is 10.1. The molecular formula is C12H8ClFOS. The molecule has 1 aromatic carbocycles. The first-order valence-electron chi connectivity index (χ1n) is 4.63. The molecule has 0 amide bonds. The highest BCUT2D eigenvalue weighted by atomic mass is 35.5. The van der Waals surface area contributed by atoms with Crippen molar-refractivity contribution in [2.45, 2.75) is 6.92 Å². The van der Waals surface area contributed by atoms with Crippen molar-refractivity contribution in [3.8, 4) is 0 Å². The van der Waals surface area contributed by atoms with Crippen molar-refractivity contribution in [3.05, 3.63) is 56.5 Å². The Morgan fingerprint density at radius 3 is 2.69 bits per heavy atom. The molecule has 0 atom stereocenters. The number of benzene rings is 1. The van der Waals surface area contributed by atoms with E-state index in [1.165, 1.54) is 29.5 Å². The molecule has 0 fully saturated rings. The Balaban J connectivity index is 2.42. The van der Waals surface area contributed by atoms with Gasteiger partial charge < -0.3 is 0 Å². The first kappa shape index (κ1) is 11.3. The van der Waals surface area contributed by atoms with Gasteiger partial charge in [0.2, 0.25) is 5.78 Å². The van der Waals surface area contributed by atoms with E-state index in [-0.39, 0.29) is 11.6 Å². The van der Waals surface area contributed by atoms with E-state index < -0.39 is 0 Å². The maximum Gasteiger partial charge on any atom is 0.204 e. The molecule has 1 aromatic heterocycles. The van der Waals surface area contributed by atoms with Crippen molar-refractivity contribution in [1.82, 2.24) is 0 Å². The molecule has 4 heteroatoms. The molecule has 0 saturated heterocycles. The van der Waals surface area contributed by atoms with Gasteiger partial charge in [-0.1, -0.05) is 11.6 Å². The third-order valence-corrected chi connectivity index (χ3v) is 3.58. The van der Waals surface area contributed by atoms with Gasteiger partial charge in [-0.3, -0.25) is 4.79 Å². The van der Waals surface area contributed by atoms with Gasteiger partial charge in [-0.25, -0.2) is 4.39 Å². The zero-order valence-corrected chi connectivity index (χ0v) is 10.0. The number of rotatable bonds is 2. The van der Waals surface area contributed by atoms with Crippen LogP contribution in [-0.4, -0.2) is 5.78 Å². The second-order valence-electron chi connectivity index (χ2n) is 3.39. The molecule has 1 nitrogen and oxygen atoms in total. The van der Waals surface area contributed by atoms with Crippen LogP contribution >= 0.6 is 22.9 Å². The molecular weight excluding hydrogens is 247 g/mol. The first-order chi connectivity index (χ1) is 7.59. The molecule has 0 radical (unpaired) electrons. The summed E-state index contributed by atoms with van der Waals surface area (Å²) in [6.45, 7) is 1.63. The summed E-state index contributed by atoms with van der Waals surface area (Å²) in [6.07, 6.45) is 0. The third-order valence-electron chi connectivity index (χ3n) is 2.24. The molecule has 0 aliphatic carbocycles. The van der Waals surface area contributed by atoms with E-state index >= 15 is 0 Å². The fraction of sp³-hybridized carbons (Fsp3) is 0.0833. The van der Waals surface area contributed by atoms with Gasteiger partial charge in [-0.2, -0.15) is 0 Å². The molecule has 0 bridgehead atoms. The van der Waals surface area contributed by atoms with Gasteiger partial charge >= 0.3 is 0 Å². The van der Waals surface area contributed by atoms with Crippen LogP contribution in [0.1, 0.15) is 20.8 Å². The highest BCUT2D eigenvalue weighted by Crippen LogP contribution is 2.25. The summed E-state index contributed by atoms with van der Waals surface area (Å²) in [5, 5.41) is 2.20. The lowest BCUT2D eigenvalue weighted by Crippen LogP contribution is -2.00. The summed E-state index contributed by atoms with van der Waals surface area (Å²) in [5.74, 6) is -0.475. The Labute approximate surface area is 101 Å². The van der Waals surface area contributed by atoms with Gasteiger partial charge in [0.15, 0.2) is 0 Å². The van der Waals surface area contributed by atoms with E-state index in [9.17, 15) is 9.18 Å². The van der Waals surface area contributed by atoms with Gasteiger partial charge in [0.25, 0.3) is 0 Å². The topological polar surface area (TPSA) is 17.1 Å². The number of halogens is 2. The highest BCUT2D eigenvalue weighted by Gasteiger charge is 2.14. The van der Waals surface area contributed by atoms with Crippen molar-refractivity contribution in [2.24, 2.45) is 0 Å². The predicted molar refractivity (Wildman–Crippen MR) is 63.9 cm³/mol. The Kier molecular flexibility index (Phi) is 3.08. The quantitative estimate of drug-likeness (QED) is 0.738. The first-order valence-corrected chi connectivity index (χ1v) is 5.89. The average molecular weight is 255 g/mol. The van der Waals surface area contributed by atoms with Crippen LogP contribution in [0.5, 0.6) is 0 Å². The number of carbonyl (C=O) groups is 1. The van der Waals surface area contributed by atoms with Crippen molar-refractivity contribution in [2.75, 3.05) is 0 Å². The third kappa shape index (κ3) is 2.01. The second-order valence-corrected chi connectivity index (χ2v) is 4.71. The van der Waals surface area contributed by atoms with Crippen molar-refractivity contribution in [3.63, 3.8) is 0 Å². The number of ketones is 1. The lowest BCUT2D eigenvalue weighted by Gasteiger charge is -2.01. The summed E-state index contributed by atoms with van der Waals surface area (Å²) in [6, 6.07) is 5.98. The van der Waals surface area contributed by atoms with Crippen LogP contribution < -0.4 is 0 Å². The predicted octanol–water partition coefficient (Wildman–Crippen LogP) is 4.08. The summed E-state index contributed by atoms with van der Waals surface area (Å²) < 4.78 is 13.0. The minimum Gasteiger partial charge on any atom is -0.288 e. The van der Waals surface area contributed by atoms with E-state index in [1.807, 2.05) is 0 Å². The van der Waals surface area contributed by atoms with Crippen LogP contribution in [0.15, 0.2) is 29.6 Å². The van der Waals surface area contributed by atoms with Crippen LogP contribution in [-0.2, 0) is 0 Å². The maximum absolute atomic E-state index is 13.0. The Morgan fingerprint density at radius 2 is 2.12 bits per heavy atom. The zero-order valence-electron chi connectivity index (χ0n) is 8.46. The number of hydrogen-bond acceptors (Lipinski definition) is 2. The molecule has 0 unspecified atom stereocenters. The molecule has 0 aliphatic heterocycles. The Hall–Kier alpha value is -1.19. The molecule has 0 spiro atoms. The molecule has 1 heterocycles. The second kappa shape index (κ2) is 4.36. The number of thiophene rings is 1. The molecule has 16 heavy (non-hydrogen) atoms. The SMILES string of the molecule is Cc1cc(C(=O)c2sccc2Cl)ccc1F. The lowest BCUT2D eigenvalue weighted by molar-refractivity contribution is 0.104. The average Bonchev–Trinajstić information content (AvgIpc) is 2.67. The van der Waals surface area contributed by atoms with E-state index in [1.54, 1.807) is 18.4 Å². The van der Waals surface area contributed by atoms with E-state index in [2.05, 4.69) is 0 Å². The Bertz CT molecular complexity index is 548. The van der Waals surface area contributed by atoms with E-state index in [4.69, 9.17) is 11.6 Å². The number of carbonyl (C=O) groups excluding carboxylic acids is 1. The van der Waals surface area contributed by atoms with Gasteiger partial charge in [0.05, 0.1) is 9.90 Å². The minimum atomic E-state index is -0.311. The summed E-state index contributed by atoms with van der Waals surface area (Å²) in [4.78, 5) is 12.5. The number of aryl methyl sites for hydroxylation is 1. The highest BCUT2D eigenvalue weighted by molar-refractivity contribution is 7.13. The van der Waals surface area contributed by atoms with Gasteiger partial charge in [0.1, 0.15) is 5.82 Å². The fourth-order valence-corrected chi connectivity index (χ4v) is 2.48. The molecule has 2 aromatic rings. The van der Waals surface area contributed by atoms with E-state index in [0.29, 0.717) is 21.0 Å². The zero-order chi connectivity index (χ0) is 11.7. The van der Waals surface area contributed by atoms with Crippen molar-refractivity contribution < 1.29 is 9.18 Å². The maximum atomic E-state index is 13.0. The van der Waals surface area contributed by atoms with Crippen LogP contribution in [0, 0.1) is 12.7 Å². The summed E-state index contributed by atoms with van der Waals surface area (Å²) >= 11 is 7.16. The molecule has 0 N–H and O–H groups in total. The molecule has 2 rings (SSSR count).